The van der Waals surface area contributed by atoms with E-state index in [1.807, 2.05) is 31.2 Å². The molecule has 0 atom stereocenters. The van der Waals surface area contributed by atoms with E-state index in [9.17, 15) is 4.79 Å². The minimum Gasteiger partial charge on any atom is -0.494 e. The van der Waals surface area contributed by atoms with Gasteiger partial charge in [-0.15, -0.1) is 0 Å². The molecule has 1 amide bonds. The van der Waals surface area contributed by atoms with E-state index in [1.54, 1.807) is 6.08 Å². The summed E-state index contributed by atoms with van der Waals surface area (Å²) in [7, 11) is 0. The third-order valence-corrected chi connectivity index (χ3v) is 4.35. The zero-order valence-electron chi connectivity index (χ0n) is 13.7. The zero-order chi connectivity index (χ0) is 19.1. The van der Waals surface area contributed by atoms with Gasteiger partial charge in [0, 0.05) is 6.08 Å². The summed E-state index contributed by atoms with van der Waals surface area (Å²) in [6.07, 6.45) is 3.04. The summed E-state index contributed by atoms with van der Waals surface area (Å²) < 4.78 is 5.36. The van der Waals surface area contributed by atoms with Crippen LogP contribution in [0.15, 0.2) is 42.5 Å². The lowest BCUT2D eigenvalue weighted by molar-refractivity contribution is -0.115. The van der Waals surface area contributed by atoms with Crippen LogP contribution in [0.4, 0.5) is 5.69 Å². The Bertz CT molecular complexity index is 839. The Hall–Kier alpha value is -1.79. The van der Waals surface area contributed by atoms with Gasteiger partial charge in [0.1, 0.15) is 5.75 Å². The molecule has 0 radical (unpaired) electrons. The molecular formula is C18H15Cl3N2O2S. The molecule has 2 rings (SSSR count). The Morgan fingerprint density at radius 1 is 1.12 bits per heavy atom. The van der Waals surface area contributed by atoms with Crippen LogP contribution in [0.25, 0.3) is 6.08 Å². The summed E-state index contributed by atoms with van der Waals surface area (Å²) in [6, 6.07) is 10.4. The molecule has 4 nitrogen and oxygen atoms in total. The maximum absolute atomic E-state index is 12.0. The van der Waals surface area contributed by atoms with E-state index in [1.165, 1.54) is 18.2 Å². The minimum atomic E-state index is -0.382. The fourth-order valence-corrected chi connectivity index (χ4v) is 2.74. The van der Waals surface area contributed by atoms with E-state index >= 15 is 0 Å². The predicted molar refractivity (Wildman–Crippen MR) is 112 cm³/mol. The molecule has 0 fully saturated rings. The summed E-state index contributed by atoms with van der Waals surface area (Å²) in [6.45, 7) is 2.52. The average Bonchev–Trinajstić information content (AvgIpc) is 2.59. The number of rotatable bonds is 5. The first-order valence-corrected chi connectivity index (χ1v) is 9.10. The molecule has 2 aromatic carbocycles. The molecule has 2 N–H and O–H groups in total. The van der Waals surface area contributed by atoms with Crippen molar-refractivity contribution in [2.45, 2.75) is 6.92 Å². The Kier molecular flexibility index (Phi) is 7.72. The molecule has 2 aromatic rings. The van der Waals surface area contributed by atoms with Crippen LogP contribution in [0.2, 0.25) is 15.1 Å². The highest BCUT2D eigenvalue weighted by molar-refractivity contribution is 7.80. The molecule has 0 bridgehead atoms. The van der Waals surface area contributed by atoms with Crippen LogP contribution in [0.1, 0.15) is 12.5 Å². The van der Waals surface area contributed by atoms with Crippen molar-refractivity contribution in [2.24, 2.45) is 0 Å². The molecule has 0 aromatic heterocycles. The number of halogens is 3. The molecule has 0 heterocycles. The fourth-order valence-electron chi connectivity index (χ4n) is 1.94. The summed E-state index contributed by atoms with van der Waals surface area (Å²) in [5, 5.41) is 6.40. The van der Waals surface area contributed by atoms with Gasteiger partial charge in [-0.25, -0.2) is 0 Å². The van der Waals surface area contributed by atoms with Crippen molar-refractivity contribution in [3.8, 4) is 5.75 Å². The lowest BCUT2D eigenvalue weighted by Gasteiger charge is -2.11. The van der Waals surface area contributed by atoms with Crippen LogP contribution in [0.5, 0.6) is 5.75 Å². The smallest absolute Gasteiger partial charge is 0.250 e. The van der Waals surface area contributed by atoms with E-state index < -0.39 is 0 Å². The SMILES string of the molecule is CCOc1ccc(/C=C/C(=O)NC(=S)Nc2cc(Cl)c(Cl)cc2Cl)cc1. The lowest BCUT2D eigenvalue weighted by Crippen LogP contribution is -2.32. The molecule has 0 aliphatic carbocycles. The van der Waals surface area contributed by atoms with Gasteiger partial charge in [-0.05, 0) is 55.0 Å². The van der Waals surface area contributed by atoms with E-state index in [-0.39, 0.29) is 11.0 Å². The highest BCUT2D eigenvalue weighted by Crippen LogP contribution is 2.32. The third kappa shape index (κ3) is 6.18. The lowest BCUT2D eigenvalue weighted by atomic mass is 10.2. The maximum atomic E-state index is 12.0. The Labute approximate surface area is 172 Å². The van der Waals surface area contributed by atoms with Crippen molar-refractivity contribution in [3.05, 3.63) is 63.1 Å². The van der Waals surface area contributed by atoms with Gasteiger partial charge in [-0.2, -0.15) is 0 Å². The molecule has 26 heavy (non-hydrogen) atoms. The first-order valence-electron chi connectivity index (χ1n) is 7.56. The van der Waals surface area contributed by atoms with Gasteiger partial charge in [0.25, 0.3) is 0 Å². The van der Waals surface area contributed by atoms with Crippen LogP contribution in [-0.2, 0) is 4.79 Å². The highest BCUT2D eigenvalue weighted by Gasteiger charge is 2.08. The molecule has 8 heteroatoms. The predicted octanol–water partition coefficient (Wildman–Crippen LogP) is 5.57. The quantitative estimate of drug-likeness (QED) is 0.370. The van der Waals surface area contributed by atoms with Crippen molar-refractivity contribution >= 4 is 69.8 Å². The van der Waals surface area contributed by atoms with Crippen LogP contribution < -0.4 is 15.4 Å². The van der Waals surface area contributed by atoms with Crippen LogP contribution in [0, 0.1) is 0 Å². The number of hydrogen-bond acceptors (Lipinski definition) is 3. The van der Waals surface area contributed by atoms with Crippen molar-refractivity contribution < 1.29 is 9.53 Å². The molecule has 0 saturated heterocycles. The van der Waals surface area contributed by atoms with Crippen molar-refractivity contribution in [2.75, 3.05) is 11.9 Å². The van der Waals surface area contributed by atoms with Gasteiger partial charge < -0.3 is 10.1 Å². The fraction of sp³-hybridized carbons (Fsp3) is 0.111. The van der Waals surface area contributed by atoms with Gasteiger partial charge >= 0.3 is 0 Å². The van der Waals surface area contributed by atoms with E-state index in [0.717, 1.165) is 11.3 Å². The van der Waals surface area contributed by atoms with Gasteiger partial charge in [-0.3, -0.25) is 10.1 Å². The Morgan fingerprint density at radius 3 is 2.42 bits per heavy atom. The largest absolute Gasteiger partial charge is 0.494 e. The second-order valence-electron chi connectivity index (χ2n) is 5.02. The number of nitrogens with one attached hydrogen (secondary N) is 2. The second-order valence-corrected chi connectivity index (χ2v) is 6.65. The second kappa shape index (κ2) is 9.78. The van der Waals surface area contributed by atoms with Gasteiger partial charge in [0.05, 0.1) is 27.4 Å². The minimum absolute atomic E-state index is 0.0895. The molecule has 0 aliphatic rings. The summed E-state index contributed by atoms with van der Waals surface area (Å²) in [5.41, 5.74) is 1.30. The number of ether oxygens (including phenoxy) is 1. The van der Waals surface area contributed by atoms with E-state index in [4.69, 9.17) is 51.8 Å². The Balaban J connectivity index is 1.92. The number of carbonyl (C=O) groups excluding carboxylic acids is 1. The first kappa shape index (κ1) is 20.5. The highest BCUT2D eigenvalue weighted by atomic mass is 35.5. The van der Waals surface area contributed by atoms with Gasteiger partial charge in [0.15, 0.2) is 5.11 Å². The molecule has 0 saturated carbocycles. The molecule has 0 unspecified atom stereocenters. The topological polar surface area (TPSA) is 50.4 Å². The number of thiocarbonyl (C=S) groups is 1. The van der Waals surface area contributed by atoms with Gasteiger partial charge in [0.2, 0.25) is 5.91 Å². The number of benzene rings is 2. The van der Waals surface area contributed by atoms with Crippen molar-refractivity contribution in [3.63, 3.8) is 0 Å². The third-order valence-electron chi connectivity index (χ3n) is 3.11. The van der Waals surface area contributed by atoms with Crippen molar-refractivity contribution in [1.29, 1.82) is 0 Å². The molecular weight excluding hydrogens is 415 g/mol. The number of anilines is 1. The van der Waals surface area contributed by atoms with E-state index in [0.29, 0.717) is 27.4 Å². The van der Waals surface area contributed by atoms with Crippen molar-refractivity contribution in [1.82, 2.24) is 5.32 Å². The van der Waals surface area contributed by atoms with Gasteiger partial charge in [-0.1, -0.05) is 46.9 Å². The van der Waals surface area contributed by atoms with Crippen LogP contribution in [-0.4, -0.2) is 17.6 Å². The first-order chi connectivity index (χ1) is 12.4. The summed E-state index contributed by atoms with van der Waals surface area (Å²) in [4.78, 5) is 12.0. The molecule has 0 aliphatic heterocycles. The van der Waals surface area contributed by atoms with Crippen LogP contribution >= 0.6 is 47.0 Å². The number of amides is 1. The summed E-state index contributed by atoms with van der Waals surface area (Å²) >= 11 is 23.0. The normalized spacial score (nSPS) is 10.6. The van der Waals surface area contributed by atoms with E-state index in [2.05, 4.69) is 10.6 Å². The molecule has 0 spiro atoms. The number of hydrogen-bond donors (Lipinski definition) is 2. The maximum Gasteiger partial charge on any atom is 0.250 e. The van der Waals surface area contributed by atoms with Crippen LogP contribution in [0.3, 0.4) is 0 Å². The number of carbonyl (C=O) groups is 1. The average molecular weight is 430 g/mol. The monoisotopic (exact) mass is 428 g/mol. The summed E-state index contributed by atoms with van der Waals surface area (Å²) in [5.74, 6) is 0.394. The Morgan fingerprint density at radius 2 is 1.77 bits per heavy atom. The molecule has 136 valence electrons. The zero-order valence-corrected chi connectivity index (χ0v) is 16.8. The standard InChI is InChI=1S/C18H15Cl3N2O2S/c1-2-25-12-6-3-11(4-7-12)5-8-17(24)23-18(26)22-16-10-14(20)13(19)9-15(16)21/h3-10H,2H2,1H3,(H2,22,23,24,26)/b8-5+.